The molecule has 1 N–H and O–H groups in total. The van der Waals surface area contributed by atoms with Crippen LogP contribution in [0.5, 0.6) is 11.5 Å². The van der Waals surface area contributed by atoms with Crippen molar-refractivity contribution in [2.75, 3.05) is 44.9 Å². The van der Waals surface area contributed by atoms with Crippen LogP contribution in [-0.4, -0.2) is 60.0 Å². The van der Waals surface area contributed by atoms with Crippen molar-refractivity contribution < 1.29 is 14.3 Å². The number of amides is 1. The smallest absolute Gasteiger partial charge is 0.272 e. The molecule has 1 saturated heterocycles. The summed E-state index contributed by atoms with van der Waals surface area (Å²) in [5.41, 5.74) is 1.07. The average Bonchev–Trinajstić information content (AvgIpc) is 3.34. The molecule has 0 aliphatic carbocycles. The summed E-state index contributed by atoms with van der Waals surface area (Å²) in [7, 11) is 3.02. The Morgan fingerprint density at radius 1 is 1.17 bits per heavy atom. The number of piperidine rings is 1. The Labute approximate surface area is 217 Å². The summed E-state index contributed by atoms with van der Waals surface area (Å²) >= 11 is 8.87. The fourth-order valence-corrected chi connectivity index (χ4v) is 5.98. The molecule has 8 nitrogen and oxygen atoms in total. The van der Waals surface area contributed by atoms with Gasteiger partial charge in [-0.15, -0.1) is 11.3 Å². The molecule has 1 amide bonds. The Balaban J connectivity index is 1.46. The Morgan fingerprint density at radius 3 is 2.69 bits per heavy atom. The third-order valence-electron chi connectivity index (χ3n) is 5.92. The number of thioether (sulfide) groups is 1. The van der Waals surface area contributed by atoms with Gasteiger partial charge in [0.15, 0.2) is 5.16 Å². The molecule has 0 unspecified atom stereocenters. The molecular formula is C24H29ClN4O4S2. The van der Waals surface area contributed by atoms with Crippen LogP contribution in [0.4, 0.5) is 5.69 Å². The fraction of sp³-hybridized carbons (Fsp3) is 0.458. The van der Waals surface area contributed by atoms with Gasteiger partial charge in [0.25, 0.3) is 5.56 Å². The predicted molar refractivity (Wildman–Crippen MR) is 143 cm³/mol. The maximum absolute atomic E-state index is 13.2. The van der Waals surface area contributed by atoms with Gasteiger partial charge >= 0.3 is 0 Å². The maximum Gasteiger partial charge on any atom is 0.272 e. The van der Waals surface area contributed by atoms with Crippen molar-refractivity contribution in [3.05, 3.63) is 39.0 Å². The summed E-state index contributed by atoms with van der Waals surface area (Å²) in [6, 6.07) is 5.05. The number of nitrogens with zero attached hydrogens (tertiary/aromatic N) is 3. The number of halogens is 1. The Hall–Kier alpha value is -2.27. The molecular weight excluding hydrogens is 508 g/mol. The van der Waals surface area contributed by atoms with Gasteiger partial charge < -0.3 is 19.7 Å². The molecule has 0 radical (unpaired) electrons. The highest BCUT2D eigenvalue weighted by Gasteiger charge is 2.17. The monoisotopic (exact) mass is 536 g/mol. The lowest BCUT2D eigenvalue weighted by Gasteiger charge is -2.26. The van der Waals surface area contributed by atoms with E-state index in [1.165, 1.54) is 56.6 Å². The van der Waals surface area contributed by atoms with Gasteiger partial charge in [-0.3, -0.25) is 14.2 Å². The first kappa shape index (κ1) is 25.8. The number of hydrogen-bond acceptors (Lipinski definition) is 8. The molecule has 0 atom stereocenters. The lowest BCUT2D eigenvalue weighted by molar-refractivity contribution is -0.113. The molecule has 0 bridgehead atoms. The standard InChI is InChI=1S/C24H29ClN4O4S2/c1-32-19-14-20(33-2)18(13-16(19)25)26-21(30)15-35-24-27-17-7-12-34-22(17)23(31)29(24)11-6-10-28-8-4-3-5-9-28/h7,12-14H,3-6,8-11,15H2,1-2H3,(H,26,30). The Morgan fingerprint density at radius 2 is 1.94 bits per heavy atom. The van der Waals surface area contributed by atoms with Crippen molar-refractivity contribution >= 4 is 56.5 Å². The van der Waals surface area contributed by atoms with E-state index in [-0.39, 0.29) is 17.2 Å². The number of aromatic nitrogens is 2. The van der Waals surface area contributed by atoms with Gasteiger partial charge in [0, 0.05) is 12.6 Å². The second-order valence-electron chi connectivity index (χ2n) is 8.27. The van der Waals surface area contributed by atoms with Crippen LogP contribution >= 0.6 is 34.7 Å². The first-order valence-corrected chi connectivity index (χ1v) is 13.8. The van der Waals surface area contributed by atoms with Crippen LogP contribution in [0.15, 0.2) is 33.5 Å². The molecule has 0 saturated carbocycles. The van der Waals surface area contributed by atoms with Crippen molar-refractivity contribution in [2.45, 2.75) is 37.4 Å². The van der Waals surface area contributed by atoms with Crippen LogP contribution < -0.4 is 20.3 Å². The number of carbonyl (C=O) groups excluding carboxylic acids is 1. The molecule has 1 aliphatic heterocycles. The number of rotatable bonds is 10. The largest absolute Gasteiger partial charge is 0.495 e. The minimum Gasteiger partial charge on any atom is -0.495 e. The molecule has 0 spiro atoms. The van der Waals surface area contributed by atoms with E-state index in [1.807, 2.05) is 11.4 Å². The van der Waals surface area contributed by atoms with Crippen LogP contribution in [0.1, 0.15) is 25.7 Å². The van der Waals surface area contributed by atoms with E-state index in [0.717, 1.165) is 26.1 Å². The van der Waals surface area contributed by atoms with E-state index in [9.17, 15) is 9.59 Å². The number of likely N-dealkylation sites (tertiary alicyclic amines) is 1. The summed E-state index contributed by atoms with van der Waals surface area (Å²) in [6.45, 7) is 3.77. The van der Waals surface area contributed by atoms with Gasteiger partial charge in [0.2, 0.25) is 5.91 Å². The number of anilines is 1. The van der Waals surface area contributed by atoms with Crippen molar-refractivity contribution in [3.8, 4) is 11.5 Å². The number of fused-ring (bicyclic) bond motifs is 1. The first-order chi connectivity index (χ1) is 17.0. The molecule has 1 aromatic carbocycles. The molecule has 3 aromatic rings. The third-order valence-corrected chi connectivity index (χ3v) is 8.08. The zero-order valence-corrected chi connectivity index (χ0v) is 22.2. The minimum atomic E-state index is -0.255. The summed E-state index contributed by atoms with van der Waals surface area (Å²) in [6.07, 6.45) is 4.64. The van der Waals surface area contributed by atoms with Crippen LogP contribution in [0.2, 0.25) is 5.02 Å². The van der Waals surface area contributed by atoms with Crippen LogP contribution in [0.25, 0.3) is 10.2 Å². The van der Waals surface area contributed by atoms with E-state index >= 15 is 0 Å². The van der Waals surface area contributed by atoms with Crippen molar-refractivity contribution in [1.29, 1.82) is 0 Å². The quantitative estimate of drug-likeness (QED) is 0.296. The first-order valence-electron chi connectivity index (χ1n) is 11.5. The number of nitrogens with one attached hydrogen (secondary N) is 1. The fourth-order valence-electron chi connectivity index (χ4n) is 4.14. The topological polar surface area (TPSA) is 85.7 Å². The van der Waals surface area contributed by atoms with Gasteiger partial charge in [0.1, 0.15) is 16.2 Å². The Kier molecular flexibility index (Phi) is 8.94. The second kappa shape index (κ2) is 12.1. The van der Waals surface area contributed by atoms with Crippen LogP contribution in [0.3, 0.4) is 0 Å². The molecule has 4 rings (SSSR count). The minimum absolute atomic E-state index is 0.0462. The van der Waals surface area contributed by atoms with Crippen LogP contribution in [0, 0.1) is 0 Å². The van der Waals surface area contributed by atoms with Gasteiger partial charge in [-0.2, -0.15) is 0 Å². The normalized spacial score (nSPS) is 14.3. The van der Waals surface area contributed by atoms with Crippen molar-refractivity contribution in [1.82, 2.24) is 14.5 Å². The zero-order chi connectivity index (χ0) is 24.8. The van der Waals surface area contributed by atoms with Gasteiger partial charge in [0.05, 0.1) is 36.2 Å². The number of hydrogen-bond donors (Lipinski definition) is 1. The van der Waals surface area contributed by atoms with Gasteiger partial charge in [-0.05, 0) is 56.4 Å². The molecule has 3 heterocycles. The molecule has 188 valence electrons. The molecule has 1 aliphatic rings. The average molecular weight is 537 g/mol. The molecule has 2 aromatic heterocycles. The van der Waals surface area contributed by atoms with Gasteiger partial charge in [-0.1, -0.05) is 29.8 Å². The highest BCUT2D eigenvalue weighted by Crippen LogP contribution is 2.36. The zero-order valence-electron chi connectivity index (χ0n) is 19.8. The number of ether oxygens (including phenoxy) is 2. The lowest BCUT2D eigenvalue weighted by Crippen LogP contribution is -2.32. The van der Waals surface area contributed by atoms with E-state index in [2.05, 4.69) is 10.2 Å². The number of methoxy groups -OCH3 is 2. The number of thiophene rings is 1. The van der Waals surface area contributed by atoms with Crippen molar-refractivity contribution in [2.24, 2.45) is 0 Å². The third kappa shape index (κ3) is 6.30. The van der Waals surface area contributed by atoms with E-state index in [0.29, 0.717) is 44.1 Å². The van der Waals surface area contributed by atoms with E-state index in [1.54, 1.807) is 16.7 Å². The highest BCUT2D eigenvalue weighted by molar-refractivity contribution is 7.99. The van der Waals surface area contributed by atoms with Crippen LogP contribution in [-0.2, 0) is 11.3 Å². The predicted octanol–water partition coefficient (Wildman–Crippen LogP) is 4.74. The summed E-state index contributed by atoms with van der Waals surface area (Å²) in [5.74, 6) is 0.727. The highest BCUT2D eigenvalue weighted by atomic mass is 35.5. The second-order valence-corrected chi connectivity index (χ2v) is 10.5. The SMILES string of the molecule is COc1cc(OC)c(NC(=O)CSc2nc3ccsc3c(=O)n2CCCN2CCCCC2)cc1Cl. The maximum atomic E-state index is 13.2. The molecule has 35 heavy (non-hydrogen) atoms. The molecule has 1 fully saturated rings. The summed E-state index contributed by atoms with van der Waals surface area (Å²) < 4.78 is 12.9. The van der Waals surface area contributed by atoms with Crippen molar-refractivity contribution in [3.63, 3.8) is 0 Å². The number of benzene rings is 1. The Bertz CT molecular complexity index is 1240. The summed E-state index contributed by atoms with van der Waals surface area (Å²) in [4.78, 5) is 33.1. The lowest BCUT2D eigenvalue weighted by atomic mass is 10.1. The van der Waals surface area contributed by atoms with E-state index in [4.69, 9.17) is 26.1 Å². The number of carbonyl (C=O) groups is 1. The summed E-state index contributed by atoms with van der Waals surface area (Å²) in [5, 5.41) is 5.62. The van der Waals surface area contributed by atoms with Gasteiger partial charge in [-0.25, -0.2) is 4.98 Å². The van der Waals surface area contributed by atoms with E-state index < -0.39 is 0 Å². The molecule has 11 heteroatoms.